The van der Waals surface area contributed by atoms with Gasteiger partial charge in [-0.3, -0.25) is 24.1 Å². The van der Waals surface area contributed by atoms with Crippen molar-refractivity contribution in [2.45, 2.75) is 24.5 Å². The molecular weight excluding hydrogens is 530 g/mol. The SMILES string of the molecule is CN(C)C(=O)c1cccc(-c2ccc(O)c3c2CC2CC4C(N(C)C)C(=O)C(C(N)=O)=C(O)C4(O)C(=O)C2=C3O)c1. The van der Waals surface area contributed by atoms with Crippen LogP contribution in [-0.2, 0) is 20.8 Å². The van der Waals surface area contributed by atoms with Gasteiger partial charge in [0.15, 0.2) is 11.4 Å². The summed E-state index contributed by atoms with van der Waals surface area (Å²) in [6, 6.07) is 8.75. The van der Waals surface area contributed by atoms with Crippen LogP contribution >= 0.6 is 0 Å². The largest absolute Gasteiger partial charge is 0.508 e. The number of benzene rings is 2. The van der Waals surface area contributed by atoms with Crippen molar-refractivity contribution in [3.63, 3.8) is 0 Å². The lowest BCUT2D eigenvalue weighted by molar-refractivity contribution is -0.153. The van der Waals surface area contributed by atoms with Crippen LogP contribution in [0.1, 0.15) is 27.9 Å². The van der Waals surface area contributed by atoms with Crippen molar-refractivity contribution in [1.29, 1.82) is 0 Å². The fourth-order valence-electron chi connectivity index (χ4n) is 6.59. The van der Waals surface area contributed by atoms with Crippen LogP contribution < -0.4 is 5.73 Å². The molecule has 0 radical (unpaired) electrons. The number of aliphatic hydroxyl groups is 3. The normalized spacial score (nSPS) is 25.6. The molecule has 4 atom stereocenters. The number of phenols is 1. The van der Waals surface area contributed by atoms with Crippen molar-refractivity contribution in [3.8, 4) is 16.9 Å². The molecule has 0 bridgehead atoms. The fraction of sp³-hybridized carbons (Fsp3) is 0.333. The molecule has 0 aliphatic heterocycles. The topological polar surface area (TPSA) is 182 Å². The van der Waals surface area contributed by atoms with Crippen LogP contribution in [0.4, 0.5) is 0 Å². The maximum absolute atomic E-state index is 14.0. The number of amides is 2. The average Bonchev–Trinajstić information content (AvgIpc) is 2.90. The van der Waals surface area contributed by atoms with Gasteiger partial charge in [0.1, 0.15) is 22.8 Å². The lowest BCUT2D eigenvalue weighted by atomic mass is 9.57. The van der Waals surface area contributed by atoms with E-state index in [1.54, 1.807) is 58.5 Å². The molecule has 5 rings (SSSR count). The number of fused-ring (bicyclic) bond motifs is 3. The summed E-state index contributed by atoms with van der Waals surface area (Å²) in [6.07, 6.45) is 0.129. The average molecular weight is 562 g/mol. The van der Waals surface area contributed by atoms with Gasteiger partial charge < -0.3 is 31.1 Å². The Morgan fingerprint density at radius 2 is 1.71 bits per heavy atom. The summed E-state index contributed by atoms with van der Waals surface area (Å²) in [6.45, 7) is 0. The van der Waals surface area contributed by atoms with Gasteiger partial charge >= 0.3 is 0 Å². The van der Waals surface area contributed by atoms with Crippen LogP contribution in [0.15, 0.2) is 53.3 Å². The van der Waals surface area contributed by atoms with E-state index in [0.29, 0.717) is 22.3 Å². The monoisotopic (exact) mass is 561 g/mol. The van der Waals surface area contributed by atoms with Crippen LogP contribution in [0.25, 0.3) is 16.9 Å². The number of primary amides is 1. The van der Waals surface area contributed by atoms with Crippen molar-refractivity contribution >= 4 is 29.1 Å². The number of phenolic OH excluding ortho intramolecular Hbond substituents is 1. The van der Waals surface area contributed by atoms with Crippen LogP contribution in [0.2, 0.25) is 0 Å². The minimum absolute atomic E-state index is 0.0110. The molecule has 1 saturated carbocycles. The number of ketones is 2. The molecule has 0 heterocycles. The molecule has 4 unspecified atom stereocenters. The highest BCUT2D eigenvalue weighted by Gasteiger charge is 2.64. The molecule has 0 spiro atoms. The van der Waals surface area contributed by atoms with Crippen LogP contribution in [-0.4, -0.2) is 93.4 Å². The summed E-state index contributed by atoms with van der Waals surface area (Å²) in [7, 11) is 6.37. The summed E-state index contributed by atoms with van der Waals surface area (Å²) >= 11 is 0. The van der Waals surface area contributed by atoms with Gasteiger partial charge in [0.2, 0.25) is 5.78 Å². The Morgan fingerprint density at radius 1 is 1.02 bits per heavy atom. The first-order valence-corrected chi connectivity index (χ1v) is 13.0. The molecule has 1 fully saturated rings. The third-order valence-electron chi connectivity index (χ3n) is 8.43. The second-order valence-corrected chi connectivity index (χ2v) is 11.2. The number of Topliss-reactive ketones (excluding diaryl/α,β-unsaturated/α-hetero) is 2. The van der Waals surface area contributed by atoms with Crippen LogP contribution in [0.5, 0.6) is 5.75 Å². The Hall–Kier alpha value is -4.48. The highest BCUT2D eigenvalue weighted by molar-refractivity contribution is 6.24. The maximum atomic E-state index is 14.0. The lowest BCUT2D eigenvalue weighted by Crippen LogP contribution is -2.65. The number of hydrogen-bond donors (Lipinski definition) is 5. The molecule has 0 saturated heterocycles. The Kier molecular flexibility index (Phi) is 6.55. The molecule has 3 aliphatic carbocycles. The zero-order chi connectivity index (χ0) is 30.1. The van der Waals surface area contributed by atoms with Gasteiger partial charge in [0.05, 0.1) is 11.6 Å². The van der Waals surface area contributed by atoms with E-state index in [1.165, 1.54) is 15.9 Å². The second kappa shape index (κ2) is 9.57. The third kappa shape index (κ3) is 3.95. The first-order chi connectivity index (χ1) is 19.2. The highest BCUT2D eigenvalue weighted by Crippen LogP contribution is 2.53. The summed E-state index contributed by atoms with van der Waals surface area (Å²) in [5.41, 5.74) is 3.79. The number of nitrogens with zero attached hydrogens (tertiary/aromatic N) is 2. The molecule has 11 heteroatoms. The van der Waals surface area contributed by atoms with Crippen LogP contribution in [0, 0.1) is 11.8 Å². The van der Waals surface area contributed by atoms with Crippen LogP contribution in [0.3, 0.4) is 0 Å². The highest BCUT2D eigenvalue weighted by atomic mass is 16.3. The van der Waals surface area contributed by atoms with E-state index in [2.05, 4.69) is 0 Å². The van der Waals surface area contributed by atoms with E-state index in [-0.39, 0.29) is 35.6 Å². The Balaban J connectivity index is 1.71. The van der Waals surface area contributed by atoms with Gasteiger partial charge in [-0.2, -0.15) is 0 Å². The molecule has 0 aromatic heterocycles. The standard InChI is InChI=1S/C30H31N3O8/c1-32(2)23-18-12-15-11-17-16(13-6-5-7-14(10-13)29(40)33(3)4)8-9-19(34)21(17)24(35)20(15)26(37)30(18,41)27(38)22(25(23)36)28(31)39/h5-10,15,18,23,34-35,38,41H,11-12H2,1-4H3,(H2,31,39). The quantitative estimate of drug-likeness (QED) is 0.344. The second-order valence-electron chi connectivity index (χ2n) is 11.2. The first kappa shape index (κ1) is 28.1. The zero-order valence-corrected chi connectivity index (χ0v) is 23.0. The van der Waals surface area contributed by atoms with Gasteiger partial charge in [-0.15, -0.1) is 0 Å². The summed E-state index contributed by atoms with van der Waals surface area (Å²) in [5, 5.41) is 44.9. The van der Waals surface area contributed by atoms with E-state index in [9.17, 15) is 39.6 Å². The number of likely N-dealkylation sites (N-methyl/N-ethyl adjacent to an activating group) is 1. The number of aliphatic hydroxyl groups excluding tert-OH is 2. The first-order valence-electron chi connectivity index (χ1n) is 13.0. The molecular formula is C30H31N3O8. The van der Waals surface area contributed by atoms with Crippen molar-refractivity contribution in [1.82, 2.24) is 9.80 Å². The number of aromatic hydroxyl groups is 1. The van der Waals surface area contributed by atoms with E-state index in [4.69, 9.17) is 5.73 Å². The Morgan fingerprint density at radius 3 is 2.32 bits per heavy atom. The van der Waals surface area contributed by atoms with E-state index >= 15 is 0 Å². The minimum Gasteiger partial charge on any atom is -0.508 e. The van der Waals surface area contributed by atoms with Gasteiger partial charge in [0, 0.05) is 31.1 Å². The number of rotatable bonds is 4. The number of nitrogens with two attached hydrogens (primary N) is 1. The lowest BCUT2D eigenvalue weighted by Gasteiger charge is -2.50. The van der Waals surface area contributed by atoms with E-state index in [1.807, 2.05) is 0 Å². The molecule has 2 aromatic carbocycles. The van der Waals surface area contributed by atoms with E-state index < -0.39 is 58.0 Å². The predicted octanol–water partition coefficient (Wildman–Crippen LogP) is 1.33. The van der Waals surface area contributed by atoms with Crippen molar-refractivity contribution < 1.29 is 39.6 Å². The predicted molar refractivity (Wildman–Crippen MR) is 148 cm³/mol. The number of carbonyl (C=O) groups is 4. The third-order valence-corrected chi connectivity index (χ3v) is 8.43. The maximum Gasteiger partial charge on any atom is 0.255 e. The number of hydrogen-bond acceptors (Lipinski definition) is 9. The van der Waals surface area contributed by atoms with Crippen molar-refractivity contribution in [2.24, 2.45) is 17.6 Å². The zero-order valence-electron chi connectivity index (χ0n) is 23.0. The molecule has 3 aliphatic rings. The molecule has 2 aromatic rings. The van der Waals surface area contributed by atoms with E-state index in [0.717, 1.165) is 0 Å². The van der Waals surface area contributed by atoms with Gasteiger partial charge in [-0.1, -0.05) is 18.2 Å². The summed E-state index contributed by atoms with van der Waals surface area (Å²) in [4.78, 5) is 54.9. The molecule has 11 nitrogen and oxygen atoms in total. The molecule has 6 N–H and O–H groups in total. The van der Waals surface area contributed by atoms with Crippen molar-refractivity contribution in [3.05, 3.63) is 70.0 Å². The summed E-state index contributed by atoms with van der Waals surface area (Å²) in [5.74, 6) is -7.25. The molecule has 214 valence electrons. The van der Waals surface area contributed by atoms with Gasteiger partial charge in [0.25, 0.3) is 11.8 Å². The van der Waals surface area contributed by atoms with Gasteiger partial charge in [-0.05, 0) is 67.7 Å². The molecule has 41 heavy (non-hydrogen) atoms. The number of carbonyl (C=O) groups excluding carboxylic acids is 4. The minimum atomic E-state index is -2.70. The summed E-state index contributed by atoms with van der Waals surface area (Å²) < 4.78 is 0. The Bertz CT molecular complexity index is 1600. The molecule has 2 amide bonds. The van der Waals surface area contributed by atoms with Crippen molar-refractivity contribution in [2.75, 3.05) is 28.2 Å². The van der Waals surface area contributed by atoms with Gasteiger partial charge in [-0.25, -0.2) is 0 Å². The smallest absolute Gasteiger partial charge is 0.255 e. The fourth-order valence-corrected chi connectivity index (χ4v) is 6.59. The Labute approximate surface area is 235 Å².